The summed E-state index contributed by atoms with van der Waals surface area (Å²) >= 11 is 0. The third-order valence-corrected chi connectivity index (χ3v) is 5.85. The van der Waals surface area contributed by atoms with Crippen molar-refractivity contribution in [1.82, 2.24) is 10.2 Å². The van der Waals surface area contributed by atoms with E-state index >= 15 is 0 Å². The second-order valence-electron chi connectivity index (χ2n) is 7.72. The third kappa shape index (κ3) is 5.47. The Hall–Kier alpha value is -1.55. The largest absolute Gasteiger partial charge is 0.484 e. The minimum atomic E-state index is -0.0200. The first-order chi connectivity index (χ1) is 12.8. The molecular formula is C22H34N2O2. The van der Waals surface area contributed by atoms with Crippen molar-refractivity contribution in [1.29, 1.82) is 0 Å². The molecule has 2 aliphatic rings. The molecule has 1 amide bonds. The lowest BCUT2D eigenvalue weighted by Crippen LogP contribution is -2.41. The van der Waals surface area contributed by atoms with E-state index in [2.05, 4.69) is 29.3 Å². The van der Waals surface area contributed by atoms with Gasteiger partial charge in [0.15, 0.2) is 6.61 Å². The maximum atomic E-state index is 12.0. The van der Waals surface area contributed by atoms with E-state index in [1.807, 2.05) is 6.07 Å². The Labute approximate surface area is 158 Å². The summed E-state index contributed by atoms with van der Waals surface area (Å²) in [5.74, 6) is 0.799. The molecule has 1 N–H and O–H groups in total. The summed E-state index contributed by atoms with van der Waals surface area (Å²) in [4.78, 5) is 14.6. The van der Waals surface area contributed by atoms with Crippen molar-refractivity contribution in [3.05, 3.63) is 29.3 Å². The first kappa shape index (κ1) is 19.2. The van der Waals surface area contributed by atoms with Crippen LogP contribution >= 0.6 is 0 Å². The zero-order valence-electron chi connectivity index (χ0n) is 16.3. The van der Waals surface area contributed by atoms with Gasteiger partial charge in [-0.3, -0.25) is 4.79 Å². The van der Waals surface area contributed by atoms with Crippen LogP contribution in [0.1, 0.15) is 63.0 Å². The number of fused-ring (bicyclic) bond motifs is 1. The minimum Gasteiger partial charge on any atom is -0.484 e. The lowest BCUT2D eigenvalue weighted by molar-refractivity contribution is -0.123. The fourth-order valence-electron chi connectivity index (χ4n) is 4.33. The number of ether oxygens (including phenoxy) is 1. The Morgan fingerprint density at radius 1 is 1.19 bits per heavy atom. The van der Waals surface area contributed by atoms with Crippen LogP contribution in [0.2, 0.25) is 0 Å². The summed E-state index contributed by atoms with van der Waals surface area (Å²) in [6.07, 6.45) is 11.1. The van der Waals surface area contributed by atoms with Gasteiger partial charge in [-0.05, 0) is 81.2 Å². The topological polar surface area (TPSA) is 41.6 Å². The fraction of sp³-hybridized carbons (Fsp3) is 0.682. The van der Waals surface area contributed by atoms with Crippen LogP contribution in [0.3, 0.4) is 0 Å². The quantitative estimate of drug-likeness (QED) is 0.720. The molecule has 1 saturated heterocycles. The van der Waals surface area contributed by atoms with Crippen LogP contribution in [0.4, 0.5) is 0 Å². The second-order valence-corrected chi connectivity index (χ2v) is 7.72. The molecule has 0 aromatic heterocycles. The summed E-state index contributed by atoms with van der Waals surface area (Å²) < 4.78 is 5.69. The van der Waals surface area contributed by atoms with Gasteiger partial charge in [0.25, 0.3) is 5.91 Å². The van der Waals surface area contributed by atoms with Gasteiger partial charge in [-0.25, -0.2) is 0 Å². The van der Waals surface area contributed by atoms with Crippen LogP contribution < -0.4 is 10.1 Å². The molecule has 4 nitrogen and oxygen atoms in total. The molecule has 1 heterocycles. The molecule has 1 unspecified atom stereocenters. The smallest absolute Gasteiger partial charge is 0.257 e. The fourth-order valence-corrected chi connectivity index (χ4v) is 4.33. The molecule has 0 bridgehead atoms. The van der Waals surface area contributed by atoms with Gasteiger partial charge in [0, 0.05) is 19.1 Å². The van der Waals surface area contributed by atoms with Gasteiger partial charge in [-0.2, -0.15) is 0 Å². The highest BCUT2D eigenvalue weighted by Crippen LogP contribution is 2.25. The highest BCUT2D eigenvalue weighted by Gasteiger charge is 2.19. The predicted octanol–water partition coefficient (Wildman–Crippen LogP) is 3.72. The number of rotatable bonds is 8. The molecule has 1 fully saturated rings. The Bertz CT molecular complexity index is 588. The van der Waals surface area contributed by atoms with Crippen LogP contribution in [0.15, 0.2) is 18.2 Å². The van der Waals surface area contributed by atoms with Crippen LogP contribution in [-0.4, -0.2) is 43.1 Å². The molecule has 1 aromatic carbocycles. The molecule has 0 radical (unpaired) electrons. The normalized spacial score (nSPS) is 20.4. The van der Waals surface area contributed by atoms with Gasteiger partial charge in [-0.15, -0.1) is 0 Å². The Morgan fingerprint density at radius 2 is 2.04 bits per heavy atom. The van der Waals surface area contributed by atoms with Crippen molar-refractivity contribution < 1.29 is 9.53 Å². The number of hydrogen-bond acceptors (Lipinski definition) is 3. The number of aryl methyl sites for hydroxylation is 2. The van der Waals surface area contributed by atoms with E-state index in [1.54, 1.807) is 0 Å². The molecule has 4 heteroatoms. The third-order valence-electron chi connectivity index (χ3n) is 5.85. The SMILES string of the molecule is CCC1CCCCN1CCCNC(=O)COc1ccc2c(c1)CCCC2. The van der Waals surface area contributed by atoms with Gasteiger partial charge >= 0.3 is 0 Å². The average molecular weight is 359 g/mol. The van der Waals surface area contributed by atoms with Crippen molar-refractivity contribution >= 4 is 5.91 Å². The van der Waals surface area contributed by atoms with Crippen molar-refractivity contribution in [2.24, 2.45) is 0 Å². The monoisotopic (exact) mass is 358 g/mol. The van der Waals surface area contributed by atoms with Crippen molar-refractivity contribution in [2.75, 3.05) is 26.2 Å². The number of likely N-dealkylation sites (tertiary alicyclic amines) is 1. The lowest BCUT2D eigenvalue weighted by Gasteiger charge is -2.35. The number of nitrogens with zero attached hydrogens (tertiary/aromatic N) is 1. The van der Waals surface area contributed by atoms with Crippen LogP contribution in [0.25, 0.3) is 0 Å². The Kier molecular flexibility index (Phi) is 7.36. The van der Waals surface area contributed by atoms with E-state index in [-0.39, 0.29) is 12.5 Å². The summed E-state index contributed by atoms with van der Waals surface area (Å²) in [6.45, 7) is 5.43. The van der Waals surface area contributed by atoms with Gasteiger partial charge < -0.3 is 15.0 Å². The second kappa shape index (κ2) is 9.96. The lowest BCUT2D eigenvalue weighted by atomic mass is 9.92. The summed E-state index contributed by atoms with van der Waals surface area (Å²) in [6, 6.07) is 7.01. The summed E-state index contributed by atoms with van der Waals surface area (Å²) in [5.41, 5.74) is 2.83. The van der Waals surface area contributed by atoms with Gasteiger partial charge in [0.2, 0.25) is 0 Å². The van der Waals surface area contributed by atoms with E-state index in [0.29, 0.717) is 0 Å². The van der Waals surface area contributed by atoms with Crippen LogP contribution in [0, 0.1) is 0 Å². The zero-order valence-corrected chi connectivity index (χ0v) is 16.3. The maximum absolute atomic E-state index is 12.0. The molecule has 144 valence electrons. The molecular weight excluding hydrogens is 324 g/mol. The molecule has 1 atom stereocenters. The van der Waals surface area contributed by atoms with Crippen molar-refractivity contribution in [3.63, 3.8) is 0 Å². The van der Waals surface area contributed by atoms with Crippen molar-refractivity contribution in [2.45, 2.75) is 70.8 Å². The number of piperidine rings is 1. The average Bonchev–Trinajstić information content (AvgIpc) is 2.69. The first-order valence-corrected chi connectivity index (χ1v) is 10.5. The molecule has 26 heavy (non-hydrogen) atoms. The number of nitrogens with one attached hydrogen (secondary N) is 1. The van der Waals surface area contributed by atoms with E-state index < -0.39 is 0 Å². The zero-order chi connectivity index (χ0) is 18.2. The van der Waals surface area contributed by atoms with E-state index in [1.165, 1.54) is 62.6 Å². The number of amides is 1. The van der Waals surface area contributed by atoms with E-state index in [0.717, 1.165) is 37.7 Å². The van der Waals surface area contributed by atoms with E-state index in [9.17, 15) is 4.79 Å². The minimum absolute atomic E-state index is 0.0200. The summed E-state index contributed by atoms with van der Waals surface area (Å²) in [5, 5.41) is 3.00. The number of benzene rings is 1. The molecule has 1 aromatic rings. The van der Waals surface area contributed by atoms with Gasteiger partial charge in [0.05, 0.1) is 0 Å². The van der Waals surface area contributed by atoms with Gasteiger partial charge in [0.1, 0.15) is 5.75 Å². The Balaban J connectivity index is 1.33. The highest BCUT2D eigenvalue weighted by atomic mass is 16.5. The molecule has 0 spiro atoms. The molecule has 1 aliphatic heterocycles. The maximum Gasteiger partial charge on any atom is 0.257 e. The first-order valence-electron chi connectivity index (χ1n) is 10.5. The number of carbonyl (C=O) groups is 1. The molecule has 1 aliphatic carbocycles. The number of hydrogen-bond donors (Lipinski definition) is 1. The predicted molar refractivity (Wildman–Crippen MR) is 106 cm³/mol. The standard InChI is InChI=1S/C22H34N2O2/c1-2-20-10-5-6-14-24(20)15-7-13-23-22(25)17-26-21-12-11-18-8-3-4-9-19(18)16-21/h11-12,16,20H,2-10,13-15,17H2,1H3,(H,23,25). The molecule has 3 rings (SSSR count). The number of carbonyl (C=O) groups excluding carboxylic acids is 1. The van der Waals surface area contributed by atoms with Gasteiger partial charge in [-0.1, -0.05) is 19.4 Å². The van der Waals surface area contributed by atoms with Crippen molar-refractivity contribution in [3.8, 4) is 5.75 Å². The highest BCUT2D eigenvalue weighted by molar-refractivity contribution is 5.77. The van der Waals surface area contributed by atoms with E-state index in [4.69, 9.17) is 4.74 Å². The summed E-state index contributed by atoms with van der Waals surface area (Å²) in [7, 11) is 0. The Morgan fingerprint density at radius 3 is 2.88 bits per heavy atom. The molecule has 0 saturated carbocycles. The van der Waals surface area contributed by atoms with Crippen LogP contribution in [0.5, 0.6) is 5.75 Å². The van der Waals surface area contributed by atoms with Crippen LogP contribution in [-0.2, 0) is 17.6 Å².